The topological polar surface area (TPSA) is 83.9 Å². The lowest BCUT2D eigenvalue weighted by atomic mass is 10.0. The summed E-state index contributed by atoms with van der Waals surface area (Å²) in [6, 6.07) is 4.33. The summed E-state index contributed by atoms with van der Waals surface area (Å²) in [5.74, 6) is -2.23. The summed E-state index contributed by atoms with van der Waals surface area (Å²) in [4.78, 5) is 36.4. The highest BCUT2D eigenvalue weighted by Gasteiger charge is 2.29. The van der Waals surface area contributed by atoms with Gasteiger partial charge >= 0.3 is 11.9 Å². The number of nitrogens with zero attached hydrogens (tertiary/aromatic N) is 1. The maximum Gasteiger partial charge on any atom is 0.345 e. The van der Waals surface area contributed by atoms with Gasteiger partial charge in [-0.05, 0) is 18.6 Å². The Hall–Kier alpha value is -2.63. The average molecular weight is 275 g/mol. The van der Waals surface area contributed by atoms with E-state index in [9.17, 15) is 19.5 Å². The fourth-order valence-corrected chi connectivity index (χ4v) is 2.20. The number of hydrogen-bond donors (Lipinski definition) is 1. The highest BCUT2D eigenvalue weighted by molar-refractivity contribution is 6.10. The predicted octanol–water partition coefficient (Wildman–Crippen LogP) is 1.81. The number of carboxylic acids is 1. The van der Waals surface area contributed by atoms with Crippen LogP contribution in [0.15, 0.2) is 31.0 Å². The Morgan fingerprint density at radius 1 is 1.40 bits per heavy atom. The molecule has 1 aromatic rings. The molecule has 0 spiro atoms. The first kappa shape index (κ1) is 13.8. The number of carbonyl (C=O) groups is 3. The minimum atomic E-state index is -1.26. The number of rotatable bonds is 4. The molecule has 0 radical (unpaired) electrons. The van der Waals surface area contributed by atoms with Crippen LogP contribution in [0.2, 0.25) is 0 Å². The molecule has 0 unspecified atom stereocenters. The van der Waals surface area contributed by atoms with Crippen LogP contribution in [-0.4, -0.2) is 29.5 Å². The van der Waals surface area contributed by atoms with Crippen molar-refractivity contribution >= 4 is 23.5 Å². The second-order valence-electron chi connectivity index (χ2n) is 4.23. The van der Waals surface area contributed by atoms with Gasteiger partial charge in [0.15, 0.2) is 0 Å². The molecule has 0 atom stereocenters. The number of ether oxygens (including phenoxy) is 1. The summed E-state index contributed by atoms with van der Waals surface area (Å²) in [7, 11) is 0. The van der Waals surface area contributed by atoms with Crippen molar-refractivity contribution in [2.24, 2.45) is 0 Å². The molecule has 0 saturated carbocycles. The molecule has 1 N–H and O–H groups in total. The zero-order valence-electron chi connectivity index (χ0n) is 10.7. The Bertz CT molecular complexity index is 593. The van der Waals surface area contributed by atoms with Crippen molar-refractivity contribution in [2.45, 2.75) is 12.8 Å². The minimum Gasteiger partial charge on any atom is -0.478 e. The van der Waals surface area contributed by atoms with Crippen LogP contribution in [0.1, 0.15) is 33.6 Å². The molecule has 1 heterocycles. The highest BCUT2D eigenvalue weighted by Crippen LogP contribution is 2.28. The largest absolute Gasteiger partial charge is 0.478 e. The lowest BCUT2D eigenvalue weighted by Gasteiger charge is -2.19. The molecule has 2 rings (SSSR count). The third kappa shape index (κ3) is 2.40. The quantitative estimate of drug-likeness (QED) is 0.669. The Kier molecular flexibility index (Phi) is 3.84. The van der Waals surface area contributed by atoms with Crippen molar-refractivity contribution in [2.75, 3.05) is 11.4 Å². The number of esters is 1. The van der Waals surface area contributed by atoms with Crippen LogP contribution in [0.5, 0.6) is 0 Å². The molecule has 1 aliphatic rings. The molecule has 1 aromatic carbocycles. The average Bonchev–Trinajstić information content (AvgIpc) is 2.84. The van der Waals surface area contributed by atoms with Gasteiger partial charge in [0.1, 0.15) is 0 Å². The molecule has 6 heteroatoms. The van der Waals surface area contributed by atoms with Gasteiger partial charge in [0.25, 0.3) is 0 Å². The van der Waals surface area contributed by atoms with Crippen molar-refractivity contribution in [1.82, 2.24) is 0 Å². The zero-order chi connectivity index (χ0) is 14.7. The van der Waals surface area contributed by atoms with Gasteiger partial charge in [-0.1, -0.05) is 12.6 Å². The van der Waals surface area contributed by atoms with Crippen LogP contribution in [-0.2, 0) is 9.53 Å². The van der Waals surface area contributed by atoms with Crippen molar-refractivity contribution in [3.63, 3.8) is 0 Å². The van der Waals surface area contributed by atoms with Gasteiger partial charge in [-0.15, -0.1) is 0 Å². The number of carboxylic acid groups (broad SMARTS) is 1. The molecular formula is C14H13NO5. The molecule has 1 saturated heterocycles. The third-order valence-electron chi connectivity index (χ3n) is 3.03. The number of anilines is 1. The van der Waals surface area contributed by atoms with Crippen molar-refractivity contribution in [3.05, 3.63) is 42.2 Å². The van der Waals surface area contributed by atoms with Crippen LogP contribution >= 0.6 is 0 Å². The number of hydrogen-bond acceptors (Lipinski definition) is 4. The Labute approximate surface area is 115 Å². The summed E-state index contributed by atoms with van der Waals surface area (Å²) >= 11 is 0. The second kappa shape index (κ2) is 5.56. The number of carbonyl (C=O) groups excluding carboxylic acids is 2. The van der Waals surface area contributed by atoms with Crippen molar-refractivity contribution < 1.29 is 24.2 Å². The van der Waals surface area contributed by atoms with E-state index in [-0.39, 0.29) is 22.7 Å². The van der Waals surface area contributed by atoms with E-state index in [0.29, 0.717) is 19.4 Å². The van der Waals surface area contributed by atoms with E-state index in [1.807, 2.05) is 0 Å². The van der Waals surface area contributed by atoms with Gasteiger partial charge in [-0.2, -0.15) is 0 Å². The van der Waals surface area contributed by atoms with E-state index >= 15 is 0 Å². The van der Waals surface area contributed by atoms with Crippen LogP contribution in [0.25, 0.3) is 0 Å². The van der Waals surface area contributed by atoms with E-state index in [1.165, 1.54) is 23.1 Å². The molecule has 104 valence electrons. The molecule has 1 fully saturated rings. The Balaban J connectivity index is 2.58. The molecule has 1 aliphatic heterocycles. The van der Waals surface area contributed by atoms with Crippen LogP contribution < -0.4 is 4.90 Å². The van der Waals surface area contributed by atoms with Crippen LogP contribution in [0.3, 0.4) is 0 Å². The molecule has 0 aliphatic carbocycles. The van der Waals surface area contributed by atoms with Crippen molar-refractivity contribution in [3.8, 4) is 0 Å². The third-order valence-corrected chi connectivity index (χ3v) is 3.03. The lowest BCUT2D eigenvalue weighted by molar-refractivity contribution is -0.117. The van der Waals surface area contributed by atoms with E-state index < -0.39 is 11.9 Å². The number of aromatic carboxylic acids is 1. The van der Waals surface area contributed by atoms with E-state index in [0.717, 1.165) is 6.26 Å². The van der Waals surface area contributed by atoms with Crippen LogP contribution in [0.4, 0.5) is 5.69 Å². The number of amides is 1. The SMILES string of the molecule is C=COC(=O)c1c(C(=O)O)cccc1N1CCCC1=O. The maximum atomic E-state index is 12.0. The molecule has 0 aromatic heterocycles. The maximum absolute atomic E-state index is 12.0. The summed E-state index contributed by atoms with van der Waals surface area (Å²) in [6.07, 6.45) is 1.98. The fourth-order valence-electron chi connectivity index (χ4n) is 2.20. The van der Waals surface area contributed by atoms with E-state index in [2.05, 4.69) is 11.3 Å². The van der Waals surface area contributed by atoms with Gasteiger partial charge in [0.05, 0.1) is 23.1 Å². The first-order valence-electron chi connectivity index (χ1n) is 6.05. The molecule has 6 nitrogen and oxygen atoms in total. The Morgan fingerprint density at radius 2 is 2.15 bits per heavy atom. The summed E-state index contributed by atoms with van der Waals surface area (Å²) in [5.41, 5.74) is -0.0662. The van der Waals surface area contributed by atoms with Gasteiger partial charge in [-0.3, -0.25) is 4.79 Å². The standard InChI is InChI=1S/C14H13NO5/c1-2-20-14(19)12-9(13(17)18)5-3-6-10(12)15-8-4-7-11(15)16/h2-3,5-6H,1,4,7-8H2,(H,17,18). The normalized spacial score (nSPS) is 14.2. The van der Waals surface area contributed by atoms with Crippen molar-refractivity contribution in [1.29, 1.82) is 0 Å². The molecule has 1 amide bonds. The predicted molar refractivity (Wildman–Crippen MR) is 70.6 cm³/mol. The monoisotopic (exact) mass is 275 g/mol. The smallest absolute Gasteiger partial charge is 0.345 e. The van der Waals surface area contributed by atoms with Gasteiger partial charge < -0.3 is 14.7 Å². The van der Waals surface area contributed by atoms with Crippen LogP contribution in [0, 0.1) is 0 Å². The summed E-state index contributed by atoms with van der Waals surface area (Å²) < 4.78 is 4.68. The van der Waals surface area contributed by atoms with E-state index in [4.69, 9.17) is 0 Å². The first-order valence-corrected chi connectivity index (χ1v) is 6.05. The summed E-state index contributed by atoms with van der Waals surface area (Å²) in [5, 5.41) is 9.18. The van der Waals surface area contributed by atoms with E-state index in [1.54, 1.807) is 0 Å². The highest BCUT2D eigenvalue weighted by atomic mass is 16.5. The molecule has 0 bridgehead atoms. The van der Waals surface area contributed by atoms with Gasteiger partial charge in [0.2, 0.25) is 5.91 Å². The fraction of sp³-hybridized carbons (Fsp3) is 0.214. The van der Waals surface area contributed by atoms with Gasteiger partial charge in [0, 0.05) is 13.0 Å². The van der Waals surface area contributed by atoms with Gasteiger partial charge in [-0.25, -0.2) is 9.59 Å². The molecular weight excluding hydrogens is 262 g/mol. The molecule has 20 heavy (non-hydrogen) atoms. The lowest BCUT2D eigenvalue weighted by Crippen LogP contribution is -2.27. The Morgan fingerprint density at radius 3 is 2.70 bits per heavy atom. The number of benzene rings is 1. The second-order valence-corrected chi connectivity index (χ2v) is 4.23. The zero-order valence-corrected chi connectivity index (χ0v) is 10.7. The first-order chi connectivity index (χ1) is 9.56. The summed E-state index contributed by atoms with van der Waals surface area (Å²) in [6.45, 7) is 3.73. The minimum absolute atomic E-state index is 0.129.